The Morgan fingerprint density at radius 1 is 1.00 bits per heavy atom. The molecule has 0 aliphatic heterocycles. The van der Waals surface area contributed by atoms with Gasteiger partial charge in [0.05, 0.1) is 21.8 Å². The first-order valence-corrected chi connectivity index (χ1v) is 10.7. The molecule has 1 aromatic heterocycles. The first-order chi connectivity index (χ1) is 14.5. The van der Waals surface area contributed by atoms with E-state index in [4.69, 9.17) is 28.2 Å². The second kappa shape index (κ2) is 8.88. The Balaban J connectivity index is 1.67. The van der Waals surface area contributed by atoms with E-state index in [0.29, 0.717) is 15.7 Å². The van der Waals surface area contributed by atoms with Gasteiger partial charge in [-0.2, -0.15) is 5.10 Å². The molecular formula is C23H17Cl2N3OS. The van der Waals surface area contributed by atoms with Crippen molar-refractivity contribution in [3.05, 3.63) is 87.9 Å². The molecular weight excluding hydrogens is 437 g/mol. The van der Waals surface area contributed by atoms with Gasteiger partial charge >= 0.3 is 0 Å². The van der Waals surface area contributed by atoms with Crippen molar-refractivity contribution in [1.29, 1.82) is 0 Å². The minimum absolute atomic E-state index is 0.0731. The van der Waals surface area contributed by atoms with Crippen molar-refractivity contribution in [1.82, 2.24) is 4.98 Å². The third-order valence-corrected chi connectivity index (χ3v) is 5.93. The van der Waals surface area contributed by atoms with Gasteiger partial charge in [-0.1, -0.05) is 94.7 Å². The van der Waals surface area contributed by atoms with Crippen LogP contribution in [0.2, 0.25) is 10.0 Å². The number of aromatic nitrogens is 1. The number of aromatic hydroxyl groups is 1. The highest BCUT2D eigenvalue weighted by atomic mass is 35.5. The Bertz CT molecular complexity index is 1210. The smallest absolute Gasteiger partial charge is 0.204 e. The summed E-state index contributed by atoms with van der Waals surface area (Å²) in [7, 11) is 0. The quantitative estimate of drug-likeness (QED) is 0.247. The van der Waals surface area contributed by atoms with Gasteiger partial charge in [0.15, 0.2) is 0 Å². The maximum atomic E-state index is 10.1. The number of hydrazone groups is 1. The number of anilines is 1. The van der Waals surface area contributed by atoms with E-state index in [9.17, 15) is 5.11 Å². The summed E-state index contributed by atoms with van der Waals surface area (Å²) in [4.78, 5) is 5.80. The van der Waals surface area contributed by atoms with Gasteiger partial charge in [0.1, 0.15) is 5.75 Å². The van der Waals surface area contributed by atoms with Crippen molar-refractivity contribution >= 4 is 45.9 Å². The molecule has 4 rings (SSSR count). The molecule has 0 fully saturated rings. The zero-order valence-electron chi connectivity index (χ0n) is 15.9. The first-order valence-electron chi connectivity index (χ1n) is 9.11. The van der Waals surface area contributed by atoms with E-state index in [-0.39, 0.29) is 10.8 Å². The largest absolute Gasteiger partial charge is 0.506 e. The third kappa shape index (κ3) is 4.49. The van der Waals surface area contributed by atoms with E-state index in [1.165, 1.54) is 29.2 Å². The fraction of sp³-hybridized carbons (Fsp3) is 0.0435. The molecule has 30 heavy (non-hydrogen) atoms. The zero-order chi connectivity index (χ0) is 21.1. The topological polar surface area (TPSA) is 57.5 Å². The van der Waals surface area contributed by atoms with Crippen molar-refractivity contribution in [3.8, 4) is 27.4 Å². The molecule has 2 N–H and O–H groups in total. The lowest BCUT2D eigenvalue weighted by Gasteiger charge is -2.03. The highest BCUT2D eigenvalue weighted by molar-refractivity contribution is 7.19. The summed E-state index contributed by atoms with van der Waals surface area (Å²) in [6.07, 6.45) is 1.46. The number of benzene rings is 3. The summed E-state index contributed by atoms with van der Waals surface area (Å²) in [6.45, 7) is 2.06. The molecule has 0 atom stereocenters. The highest BCUT2D eigenvalue weighted by Crippen LogP contribution is 2.39. The summed E-state index contributed by atoms with van der Waals surface area (Å²) in [5, 5.41) is 15.5. The number of phenols is 1. The van der Waals surface area contributed by atoms with Crippen molar-refractivity contribution in [2.75, 3.05) is 5.43 Å². The molecule has 0 bridgehead atoms. The minimum atomic E-state index is -0.0731. The molecule has 0 aliphatic rings. The van der Waals surface area contributed by atoms with Gasteiger partial charge in [0, 0.05) is 16.1 Å². The molecule has 150 valence electrons. The number of thiazole rings is 1. The van der Waals surface area contributed by atoms with Gasteiger partial charge in [0.25, 0.3) is 0 Å². The van der Waals surface area contributed by atoms with Crippen LogP contribution in [0.1, 0.15) is 11.1 Å². The maximum absolute atomic E-state index is 10.1. The number of hydrogen-bond acceptors (Lipinski definition) is 5. The Morgan fingerprint density at radius 3 is 2.47 bits per heavy atom. The van der Waals surface area contributed by atoms with Crippen molar-refractivity contribution in [2.24, 2.45) is 5.10 Å². The first kappa shape index (κ1) is 20.4. The third-order valence-electron chi connectivity index (χ3n) is 4.41. The Kier molecular flexibility index (Phi) is 6.04. The second-order valence-corrected chi connectivity index (χ2v) is 8.47. The summed E-state index contributed by atoms with van der Waals surface area (Å²) < 4.78 is 0. The fourth-order valence-electron chi connectivity index (χ4n) is 2.90. The van der Waals surface area contributed by atoms with Crippen LogP contribution >= 0.6 is 34.5 Å². The number of hydrogen-bond donors (Lipinski definition) is 2. The molecule has 0 spiro atoms. The average Bonchev–Trinajstić information content (AvgIpc) is 3.17. The summed E-state index contributed by atoms with van der Waals surface area (Å²) in [5.41, 5.74) is 7.56. The van der Waals surface area contributed by atoms with Gasteiger partial charge < -0.3 is 5.11 Å². The van der Waals surface area contributed by atoms with Crippen LogP contribution in [0.25, 0.3) is 21.7 Å². The second-order valence-electron chi connectivity index (χ2n) is 6.62. The summed E-state index contributed by atoms with van der Waals surface area (Å²) in [5.74, 6) is -0.0731. The number of rotatable bonds is 5. The molecule has 4 nitrogen and oxygen atoms in total. The van der Waals surface area contributed by atoms with Crippen LogP contribution in [0.15, 0.2) is 71.8 Å². The van der Waals surface area contributed by atoms with Crippen LogP contribution in [-0.4, -0.2) is 16.3 Å². The number of halogens is 2. The SMILES string of the molecule is Cc1ccc(-c2nc(N/N=C\c3cc(Cl)cc(Cl)c3O)sc2-c2ccccc2)cc1. The number of phenolic OH excluding ortho intramolecular Hbond substituents is 1. The van der Waals surface area contributed by atoms with Gasteiger partial charge in [-0.25, -0.2) is 4.98 Å². The Morgan fingerprint density at radius 2 is 1.73 bits per heavy atom. The molecule has 0 saturated heterocycles. The van der Waals surface area contributed by atoms with Crippen LogP contribution in [-0.2, 0) is 0 Å². The molecule has 0 saturated carbocycles. The van der Waals surface area contributed by atoms with Gasteiger partial charge in [-0.15, -0.1) is 0 Å². The van der Waals surface area contributed by atoms with Crippen LogP contribution in [0, 0.1) is 6.92 Å². The van der Waals surface area contributed by atoms with E-state index in [1.807, 2.05) is 18.2 Å². The van der Waals surface area contributed by atoms with E-state index < -0.39 is 0 Å². The molecule has 7 heteroatoms. The molecule has 1 heterocycles. The van der Waals surface area contributed by atoms with Crippen molar-refractivity contribution in [2.45, 2.75) is 6.92 Å². The molecule has 0 unspecified atom stereocenters. The molecule has 4 aromatic rings. The predicted molar refractivity (Wildman–Crippen MR) is 127 cm³/mol. The molecule has 0 amide bonds. The van der Waals surface area contributed by atoms with Crippen LogP contribution in [0.5, 0.6) is 5.75 Å². The van der Waals surface area contributed by atoms with Crippen LogP contribution in [0.3, 0.4) is 0 Å². The zero-order valence-corrected chi connectivity index (χ0v) is 18.3. The average molecular weight is 454 g/mol. The van der Waals surface area contributed by atoms with Gasteiger partial charge in [-0.05, 0) is 24.6 Å². The Labute approximate surface area is 188 Å². The lowest BCUT2D eigenvalue weighted by atomic mass is 10.1. The maximum Gasteiger partial charge on any atom is 0.204 e. The standard InChI is InChI=1S/C23H17Cl2N3OS/c1-14-7-9-15(10-8-14)20-22(16-5-3-2-4-6-16)30-23(27-20)28-26-13-17-11-18(24)12-19(25)21(17)29/h2-13,29H,1H3,(H,27,28)/b26-13-. The monoisotopic (exact) mass is 453 g/mol. The molecule has 3 aromatic carbocycles. The fourth-order valence-corrected chi connectivity index (χ4v) is 4.35. The van der Waals surface area contributed by atoms with Gasteiger partial charge in [-0.3, -0.25) is 5.43 Å². The van der Waals surface area contributed by atoms with E-state index in [1.54, 1.807) is 6.07 Å². The van der Waals surface area contributed by atoms with E-state index in [0.717, 1.165) is 21.7 Å². The van der Waals surface area contributed by atoms with Crippen molar-refractivity contribution < 1.29 is 5.11 Å². The van der Waals surface area contributed by atoms with Crippen LogP contribution in [0.4, 0.5) is 5.13 Å². The lowest BCUT2D eigenvalue weighted by molar-refractivity contribution is 0.475. The van der Waals surface area contributed by atoms with E-state index in [2.05, 4.69) is 53.8 Å². The lowest BCUT2D eigenvalue weighted by Crippen LogP contribution is -1.91. The molecule has 0 radical (unpaired) electrons. The van der Waals surface area contributed by atoms with Crippen molar-refractivity contribution in [3.63, 3.8) is 0 Å². The molecule has 0 aliphatic carbocycles. The predicted octanol–water partition coefficient (Wildman–Crippen LogP) is 7.24. The van der Waals surface area contributed by atoms with Crippen LogP contribution < -0.4 is 5.43 Å². The van der Waals surface area contributed by atoms with E-state index >= 15 is 0 Å². The summed E-state index contributed by atoms with van der Waals surface area (Å²) in [6, 6.07) is 21.5. The van der Waals surface area contributed by atoms with Gasteiger partial charge in [0.2, 0.25) is 5.13 Å². The number of nitrogens with one attached hydrogen (secondary N) is 1. The number of aryl methyl sites for hydroxylation is 1. The Hall–Kier alpha value is -2.86. The summed E-state index contributed by atoms with van der Waals surface area (Å²) >= 11 is 13.5. The highest BCUT2D eigenvalue weighted by Gasteiger charge is 2.15. The number of nitrogens with zero attached hydrogens (tertiary/aromatic N) is 2. The minimum Gasteiger partial charge on any atom is -0.506 e. The normalized spacial score (nSPS) is 11.2.